The fourth-order valence-corrected chi connectivity index (χ4v) is 2.55. The summed E-state index contributed by atoms with van der Waals surface area (Å²) < 4.78 is 7.26. The van der Waals surface area contributed by atoms with Gasteiger partial charge in [-0.3, -0.25) is 4.98 Å². The van der Waals surface area contributed by atoms with Crippen molar-refractivity contribution in [2.45, 2.75) is 33.5 Å². The van der Waals surface area contributed by atoms with E-state index in [2.05, 4.69) is 39.3 Å². The lowest BCUT2D eigenvalue weighted by molar-refractivity contribution is 0.199. The topological polar surface area (TPSA) is 102 Å². The molecule has 3 aromatic heterocycles. The molecule has 9 heteroatoms. The number of carbonyl (C=O) groups is 1. The van der Waals surface area contributed by atoms with Crippen molar-refractivity contribution in [1.29, 1.82) is 0 Å². The summed E-state index contributed by atoms with van der Waals surface area (Å²) >= 11 is 0. The summed E-state index contributed by atoms with van der Waals surface area (Å²) in [4.78, 5) is 26.4. The summed E-state index contributed by atoms with van der Waals surface area (Å²) in [6, 6.07) is 5.23. The molecule has 0 aliphatic heterocycles. The van der Waals surface area contributed by atoms with Gasteiger partial charge in [0, 0.05) is 26.0 Å². The first-order valence-corrected chi connectivity index (χ1v) is 8.75. The summed E-state index contributed by atoms with van der Waals surface area (Å²) in [6.45, 7) is 5.74. The monoisotopic (exact) mass is 369 g/mol. The van der Waals surface area contributed by atoms with E-state index in [1.165, 1.54) is 4.90 Å². The minimum absolute atomic E-state index is 0.205. The molecule has 2 amide bonds. The number of carbonyl (C=O) groups excluding carboxylic acids is 1. The number of aromatic nitrogens is 5. The molecule has 1 N–H and O–H groups in total. The second-order valence-electron chi connectivity index (χ2n) is 6.67. The Hall–Kier alpha value is -3.23. The van der Waals surface area contributed by atoms with Crippen molar-refractivity contribution in [2.75, 3.05) is 7.05 Å². The molecular formula is C18H23N7O2. The molecule has 27 heavy (non-hydrogen) atoms. The summed E-state index contributed by atoms with van der Waals surface area (Å²) in [5.41, 5.74) is 1.58. The maximum atomic E-state index is 12.3. The molecule has 0 bridgehead atoms. The van der Waals surface area contributed by atoms with Crippen molar-refractivity contribution in [2.24, 2.45) is 5.92 Å². The van der Waals surface area contributed by atoms with Gasteiger partial charge in [0.1, 0.15) is 12.2 Å². The van der Waals surface area contributed by atoms with Gasteiger partial charge in [-0.25, -0.2) is 9.78 Å². The quantitative estimate of drug-likeness (QED) is 0.686. The van der Waals surface area contributed by atoms with Gasteiger partial charge in [0.2, 0.25) is 11.7 Å². The second-order valence-corrected chi connectivity index (χ2v) is 6.67. The number of rotatable bonds is 7. The summed E-state index contributed by atoms with van der Waals surface area (Å²) in [5.74, 6) is 1.25. The zero-order valence-corrected chi connectivity index (χ0v) is 15.7. The predicted octanol–water partition coefficient (Wildman–Crippen LogP) is 2.33. The van der Waals surface area contributed by atoms with Crippen molar-refractivity contribution < 1.29 is 9.32 Å². The molecule has 3 aromatic rings. The number of nitrogens with zero attached hydrogens (tertiary/aromatic N) is 6. The number of pyridine rings is 1. The Morgan fingerprint density at radius 3 is 2.96 bits per heavy atom. The van der Waals surface area contributed by atoms with E-state index in [9.17, 15) is 4.79 Å². The van der Waals surface area contributed by atoms with Crippen LogP contribution < -0.4 is 5.32 Å². The lowest BCUT2D eigenvalue weighted by Crippen LogP contribution is -2.36. The maximum absolute atomic E-state index is 12.3. The van der Waals surface area contributed by atoms with Crippen molar-refractivity contribution in [3.63, 3.8) is 0 Å². The van der Waals surface area contributed by atoms with E-state index in [0.29, 0.717) is 29.9 Å². The summed E-state index contributed by atoms with van der Waals surface area (Å²) in [5, 5.41) is 6.79. The van der Waals surface area contributed by atoms with E-state index < -0.39 is 0 Å². The third-order valence-corrected chi connectivity index (χ3v) is 3.86. The lowest BCUT2D eigenvalue weighted by Gasteiger charge is -2.16. The number of hydrogen-bond acceptors (Lipinski definition) is 6. The van der Waals surface area contributed by atoms with Crippen LogP contribution in [0.25, 0.3) is 11.5 Å². The first-order valence-electron chi connectivity index (χ1n) is 8.75. The van der Waals surface area contributed by atoms with E-state index >= 15 is 0 Å². The van der Waals surface area contributed by atoms with Crippen molar-refractivity contribution >= 4 is 6.03 Å². The molecule has 0 aromatic carbocycles. The van der Waals surface area contributed by atoms with E-state index in [1.807, 2.05) is 16.7 Å². The van der Waals surface area contributed by atoms with E-state index in [-0.39, 0.29) is 12.6 Å². The number of amides is 2. The molecule has 0 fully saturated rings. The first-order chi connectivity index (χ1) is 13.0. The highest BCUT2D eigenvalue weighted by atomic mass is 16.5. The molecule has 142 valence electrons. The Balaban J connectivity index is 1.54. The van der Waals surface area contributed by atoms with Crippen LogP contribution in [0.1, 0.15) is 25.4 Å². The van der Waals surface area contributed by atoms with Crippen LogP contribution in [0.2, 0.25) is 0 Å². The van der Waals surface area contributed by atoms with E-state index in [1.54, 1.807) is 31.8 Å². The van der Waals surface area contributed by atoms with E-state index in [0.717, 1.165) is 12.2 Å². The van der Waals surface area contributed by atoms with Crippen LogP contribution in [0.5, 0.6) is 0 Å². The Morgan fingerprint density at radius 2 is 2.22 bits per heavy atom. The molecule has 0 saturated heterocycles. The molecular weight excluding hydrogens is 346 g/mol. The van der Waals surface area contributed by atoms with Gasteiger partial charge in [0.15, 0.2) is 0 Å². The molecule has 0 aliphatic carbocycles. The molecule has 0 radical (unpaired) electrons. The zero-order valence-electron chi connectivity index (χ0n) is 15.7. The van der Waals surface area contributed by atoms with Crippen LogP contribution >= 0.6 is 0 Å². The molecule has 0 atom stereocenters. The highest BCUT2D eigenvalue weighted by Gasteiger charge is 2.15. The molecule has 3 rings (SSSR count). The number of nitrogens with one attached hydrogen (secondary N) is 1. The van der Waals surface area contributed by atoms with Gasteiger partial charge >= 0.3 is 6.03 Å². The van der Waals surface area contributed by atoms with Gasteiger partial charge in [0.25, 0.3) is 0 Å². The van der Waals surface area contributed by atoms with Crippen LogP contribution in [-0.4, -0.2) is 42.7 Å². The number of hydrogen-bond donors (Lipinski definition) is 1. The van der Waals surface area contributed by atoms with Crippen LogP contribution in [-0.2, 0) is 19.6 Å². The SMILES string of the molecule is CC(C)Cn1cncc1CNC(=O)N(C)Cc1nc(-c2ccccn2)no1. The largest absolute Gasteiger partial charge is 0.337 e. The minimum Gasteiger partial charge on any atom is -0.337 e. The Morgan fingerprint density at radius 1 is 1.37 bits per heavy atom. The highest BCUT2D eigenvalue weighted by Crippen LogP contribution is 2.12. The van der Waals surface area contributed by atoms with Gasteiger partial charge in [-0.2, -0.15) is 4.98 Å². The van der Waals surface area contributed by atoms with Crippen LogP contribution in [0.15, 0.2) is 41.4 Å². The average Bonchev–Trinajstić information content (AvgIpc) is 3.29. The van der Waals surface area contributed by atoms with Crippen LogP contribution in [0.4, 0.5) is 4.79 Å². The van der Waals surface area contributed by atoms with Crippen LogP contribution in [0.3, 0.4) is 0 Å². The fraction of sp³-hybridized carbons (Fsp3) is 0.389. The third kappa shape index (κ3) is 4.90. The molecule has 0 unspecified atom stereocenters. The maximum Gasteiger partial charge on any atom is 0.317 e. The fourth-order valence-electron chi connectivity index (χ4n) is 2.55. The molecule has 0 spiro atoms. The second kappa shape index (κ2) is 8.43. The van der Waals surface area contributed by atoms with Gasteiger partial charge in [-0.15, -0.1) is 0 Å². The third-order valence-electron chi connectivity index (χ3n) is 3.86. The summed E-state index contributed by atoms with van der Waals surface area (Å²) in [6.07, 6.45) is 5.21. The predicted molar refractivity (Wildman–Crippen MR) is 98.3 cm³/mol. The van der Waals surface area contributed by atoms with Gasteiger partial charge in [0.05, 0.1) is 18.6 Å². The van der Waals surface area contributed by atoms with Crippen LogP contribution in [0, 0.1) is 5.92 Å². The van der Waals surface area contributed by atoms with Gasteiger partial charge < -0.3 is 19.3 Å². The molecule has 9 nitrogen and oxygen atoms in total. The van der Waals surface area contributed by atoms with Crippen molar-refractivity contribution in [3.8, 4) is 11.5 Å². The minimum atomic E-state index is -0.232. The number of imidazole rings is 1. The normalized spacial score (nSPS) is 11.0. The van der Waals surface area contributed by atoms with Crippen molar-refractivity contribution in [3.05, 3.63) is 48.5 Å². The summed E-state index contributed by atoms with van der Waals surface area (Å²) in [7, 11) is 1.67. The van der Waals surface area contributed by atoms with Gasteiger partial charge in [-0.05, 0) is 18.1 Å². The standard InChI is InChI=1S/C18H23N7O2/c1-13(2)10-25-12-19-8-14(25)9-21-18(26)24(3)11-16-22-17(23-27-16)15-6-4-5-7-20-15/h4-8,12-13H,9-11H2,1-3H3,(H,21,26). The smallest absolute Gasteiger partial charge is 0.317 e. The van der Waals surface area contributed by atoms with E-state index in [4.69, 9.17) is 4.52 Å². The lowest BCUT2D eigenvalue weighted by atomic mass is 10.2. The highest BCUT2D eigenvalue weighted by molar-refractivity contribution is 5.73. The molecule has 0 aliphatic rings. The zero-order chi connectivity index (χ0) is 19.2. The number of urea groups is 1. The Bertz CT molecular complexity index is 873. The average molecular weight is 369 g/mol. The molecule has 0 saturated carbocycles. The van der Waals surface area contributed by atoms with Gasteiger partial charge in [-0.1, -0.05) is 25.1 Å². The Labute approximate surface area is 157 Å². The van der Waals surface area contributed by atoms with Crippen molar-refractivity contribution in [1.82, 2.24) is 34.9 Å². The molecule has 3 heterocycles. The first kappa shape index (κ1) is 18.6. The Kier molecular flexibility index (Phi) is 5.80.